The van der Waals surface area contributed by atoms with Gasteiger partial charge in [-0.3, -0.25) is 9.69 Å². The van der Waals surface area contributed by atoms with E-state index in [0.29, 0.717) is 41.7 Å². The minimum absolute atomic E-state index is 0.154. The Morgan fingerprint density at radius 3 is 2.56 bits per heavy atom. The molecule has 0 aliphatic carbocycles. The van der Waals surface area contributed by atoms with Crippen LogP contribution in [0.2, 0.25) is 0 Å². The van der Waals surface area contributed by atoms with Crippen LogP contribution in [0.25, 0.3) is 6.08 Å². The first-order chi connectivity index (χ1) is 16.5. The fraction of sp³-hybridized carbons (Fsp3) is 0.250. The summed E-state index contributed by atoms with van der Waals surface area (Å²) >= 11 is 0. The Balaban J connectivity index is 1.47. The molecule has 0 fully saturated rings. The van der Waals surface area contributed by atoms with E-state index < -0.39 is 0 Å². The van der Waals surface area contributed by atoms with Crippen molar-refractivity contribution in [2.45, 2.75) is 26.4 Å². The lowest BCUT2D eigenvalue weighted by molar-refractivity contribution is 0.0609. The maximum Gasteiger partial charge on any atom is 0.231 e. The van der Waals surface area contributed by atoms with E-state index in [2.05, 4.69) is 24.0 Å². The average molecular weight is 458 g/mol. The van der Waals surface area contributed by atoms with Gasteiger partial charge in [0.05, 0.1) is 19.8 Å². The Labute approximate surface area is 199 Å². The van der Waals surface area contributed by atoms with E-state index in [1.165, 1.54) is 5.56 Å². The number of para-hydroxylation sites is 1. The van der Waals surface area contributed by atoms with Gasteiger partial charge in [0.1, 0.15) is 18.2 Å². The predicted octanol–water partition coefficient (Wildman–Crippen LogP) is 5.54. The van der Waals surface area contributed by atoms with Crippen molar-refractivity contribution in [2.24, 2.45) is 0 Å². The molecule has 3 aromatic carbocycles. The smallest absolute Gasteiger partial charge is 0.231 e. The average Bonchev–Trinajstić information content (AvgIpc) is 3.19. The zero-order valence-electron chi connectivity index (χ0n) is 19.8. The van der Waals surface area contributed by atoms with Gasteiger partial charge in [-0.1, -0.05) is 42.5 Å². The zero-order chi connectivity index (χ0) is 23.8. The molecular formula is C28H27NO5. The summed E-state index contributed by atoms with van der Waals surface area (Å²) in [4.78, 5) is 15.6. The van der Waals surface area contributed by atoms with Gasteiger partial charge in [0.25, 0.3) is 0 Å². The number of rotatable bonds is 5. The highest BCUT2D eigenvalue weighted by atomic mass is 16.5. The molecule has 2 heterocycles. The minimum atomic E-state index is -0.154. The number of Topliss-reactive ketones (excluding diaryl/α,β-unsaturated/α-hetero) is 1. The lowest BCUT2D eigenvalue weighted by Gasteiger charge is -2.34. The van der Waals surface area contributed by atoms with Crippen LogP contribution in [0.3, 0.4) is 0 Å². The number of ether oxygens (including phenoxy) is 4. The maximum absolute atomic E-state index is 13.3. The molecule has 0 saturated heterocycles. The van der Waals surface area contributed by atoms with Crippen molar-refractivity contribution >= 4 is 11.9 Å². The summed E-state index contributed by atoms with van der Waals surface area (Å²) in [5.74, 6) is 2.59. The van der Waals surface area contributed by atoms with Crippen LogP contribution in [0.4, 0.5) is 0 Å². The van der Waals surface area contributed by atoms with Crippen LogP contribution < -0.4 is 18.9 Å². The molecule has 1 unspecified atom stereocenters. The minimum Gasteiger partial charge on any atom is -0.493 e. The zero-order valence-corrected chi connectivity index (χ0v) is 19.8. The number of carbonyl (C=O) groups is 1. The van der Waals surface area contributed by atoms with Gasteiger partial charge < -0.3 is 18.9 Å². The molecule has 0 amide bonds. The van der Waals surface area contributed by atoms with Crippen LogP contribution >= 0.6 is 0 Å². The molecule has 0 N–H and O–H groups in total. The first-order valence-electron chi connectivity index (χ1n) is 11.2. The molecule has 5 rings (SSSR count). The quantitative estimate of drug-likeness (QED) is 0.469. The normalized spacial score (nSPS) is 16.9. The highest BCUT2D eigenvalue weighted by molar-refractivity contribution is 6.15. The van der Waals surface area contributed by atoms with Gasteiger partial charge in [0.15, 0.2) is 17.3 Å². The molecule has 0 radical (unpaired) electrons. The maximum atomic E-state index is 13.3. The fourth-order valence-corrected chi connectivity index (χ4v) is 4.62. The largest absolute Gasteiger partial charge is 0.493 e. The number of hydrogen-bond acceptors (Lipinski definition) is 6. The Morgan fingerprint density at radius 2 is 1.82 bits per heavy atom. The molecule has 6 nitrogen and oxygen atoms in total. The number of ketones is 1. The van der Waals surface area contributed by atoms with E-state index >= 15 is 0 Å². The van der Waals surface area contributed by atoms with Gasteiger partial charge in [0, 0.05) is 29.3 Å². The SMILES string of the molecule is COc1cccc(/C=C2\Oc3c(cc4c(c3C)OCN(C(C)c3ccccc3)C4)C2=O)c1OC. The van der Waals surface area contributed by atoms with Crippen molar-refractivity contribution in [2.75, 3.05) is 21.0 Å². The van der Waals surface area contributed by atoms with Crippen molar-refractivity contribution in [1.29, 1.82) is 0 Å². The number of methoxy groups -OCH3 is 2. The summed E-state index contributed by atoms with van der Waals surface area (Å²) < 4.78 is 23.1. The summed E-state index contributed by atoms with van der Waals surface area (Å²) in [5.41, 5.74) is 4.32. The number of benzene rings is 3. The summed E-state index contributed by atoms with van der Waals surface area (Å²) in [6.07, 6.45) is 1.70. The fourth-order valence-electron chi connectivity index (χ4n) is 4.62. The van der Waals surface area contributed by atoms with Crippen molar-refractivity contribution in [3.8, 4) is 23.0 Å². The van der Waals surface area contributed by atoms with Crippen LogP contribution in [-0.2, 0) is 6.54 Å². The Bertz CT molecular complexity index is 1280. The van der Waals surface area contributed by atoms with Crippen molar-refractivity contribution in [3.05, 3.63) is 88.2 Å². The Kier molecular flexibility index (Phi) is 5.75. The van der Waals surface area contributed by atoms with Gasteiger partial charge in [0.2, 0.25) is 5.78 Å². The summed E-state index contributed by atoms with van der Waals surface area (Å²) in [6, 6.07) is 18.0. The molecule has 0 spiro atoms. The predicted molar refractivity (Wildman–Crippen MR) is 130 cm³/mol. The highest BCUT2D eigenvalue weighted by Gasteiger charge is 2.34. The van der Waals surface area contributed by atoms with E-state index in [0.717, 1.165) is 16.9 Å². The lowest BCUT2D eigenvalue weighted by atomic mass is 9.99. The van der Waals surface area contributed by atoms with Gasteiger partial charge in [-0.25, -0.2) is 0 Å². The molecule has 2 aliphatic heterocycles. The molecule has 2 aliphatic rings. The second-order valence-corrected chi connectivity index (χ2v) is 8.50. The summed E-state index contributed by atoms with van der Waals surface area (Å²) in [6.45, 7) is 5.27. The van der Waals surface area contributed by atoms with Gasteiger partial charge in [-0.05, 0) is 37.6 Å². The highest BCUT2D eigenvalue weighted by Crippen LogP contribution is 2.44. The molecule has 34 heavy (non-hydrogen) atoms. The third kappa shape index (κ3) is 3.70. The number of hydrogen-bond donors (Lipinski definition) is 0. The third-order valence-electron chi connectivity index (χ3n) is 6.51. The van der Waals surface area contributed by atoms with E-state index in [9.17, 15) is 4.79 Å². The molecule has 0 aromatic heterocycles. The van der Waals surface area contributed by atoms with Gasteiger partial charge >= 0.3 is 0 Å². The second-order valence-electron chi connectivity index (χ2n) is 8.50. The molecule has 1 atom stereocenters. The molecule has 0 saturated carbocycles. The molecule has 174 valence electrons. The molecular weight excluding hydrogens is 430 g/mol. The number of carbonyl (C=O) groups excluding carboxylic acids is 1. The van der Waals surface area contributed by atoms with E-state index in [1.54, 1.807) is 20.3 Å². The first kappa shape index (κ1) is 22.0. The van der Waals surface area contributed by atoms with Crippen molar-refractivity contribution in [1.82, 2.24) is 4.90 Å². The van der Waals surface area contributed by atoms with Crippen LogP contribution in [0.1, 0.15) is 45.6 Å². The van der Waals surface area contributed by atoms with Crippen molar-refractivity contribution in [3.63, 3.8) is 0 Å². The van der Waals surface area contributed by atoms with Crippen LogP contribution in [-0.4, -0.2) is 31.6 Å². The Hall–Kier alpha value is -3.77. The second kappa shape index (κ2) is 8.88. The van der Waals surface area contributed by atoms with E-state index in [1.807, 2.05) is 49.4 Å². The monoisotopic (exact) mass is 457 g/mol. The van der Waals surface area contributed by atoms with E-state index in [-0.39, 0.29) is 17.6 Å². The Morgan fingerprint density at radius 1 is 1.03 bits per heavy atom. The summed E-state index contributed by atoms with van der Waals surface area (Å²) in [5, 5.41) is 0. The topological polar surface area (TPSA) is 57.2 Å². The number of fused-ring (bicyclic) bond motifs is 2. The van der Waals surface area contributed by atoms with Gasteiger partial charge in [-0.15, -0.1) is 0 Å². The van der Waals surface area contributed by atoms with E-state index in [4.69, 9.17) is 18.9 Å². The summed E-state index contributed by atoms with van der Waals surface area (Å²) in [7, 11) is 3.15. The first-order valence-corrected chi connectivity index (χ1v) is 11.2. The van der Waals surface area contributed by atoms with Crippen LogP contribution in [0.15, 0.2) is 60.4 Å². The molecule has 0 bridgehead atoms. The number of allylic oxidation sites excluding steroid dienone is 1. The molecule has 6 heteroatoms. The van der Waals surface area contributed by atoms with Crippen LogP contribution in [0.5, 0.6) is 23.0 Å². The third-order valence-corrected chi connectivity index (χ3v) is 6.51. The van der Waals surface area contributed by atoms with Crippen molar-refractivity contribution < 1.29 is 23.7 Å². The standard InChI is InChI=1S/C28H27NO5/c1-17-26-21(15-29(16-33-26)18(2)19-9-6-5-7-10-19)13-22-25(30)24(34-27(17)22)14-20-11-8-12-23(31-3)28(20)32-4/h5-14,18H,15-16H2,1-4H3/b24-14-. The van der Waals surface area contributed by atoms with Crippen LogP contribution in [0, 0.1) is 6.92 Å². The number of nitrogens with zero attached hydrogens (tertiary/aromatic N) is 1. The van der Waals surface area contributed by atoms with Gasteiger partial charge in [-0.2, -0.15) is 0 Å². The lowest BCUT2D eigenvalue weighted by Crippen LogP contribution is -2.34. The molecule has 3 aromatic rings.